The van der Waals surface area contributed by atoms with Crippen molar-refractivity contribution in [2.75, 3.05) is 25.6 Å². The van der Waals surface area contributed by atoms with E-state index in [4.69, 9.17) is 21.1 Å². The second-order valence-electron chi connectivity index (χ2n) is 5.81. The molecule has 128 valence electrons. The van der Waals surface area contributed by atoms with Crippen LogP contribution in [0, 0.1) is 6.92 Å². The highest BCUT2D eigenvalue weighted by molar-refractivity contribution is 6.31. The monoisotopic (exact) mass is 340 g/mol. The molecule has 2 rings (SSSR count). The summed E-state index contributed by atoms with van der Waals surface area (Å²) in [6.07, 6.45) is 5.86. The van der Waals surface area contributed by atoms with E-state index in [-0.39, 0.29) is 6.03 Å². The number of amides is 2. The van der Waals surface area contributed by atoms with Crippen LogP contribution in [0.2, 0.25) is 5.02 Å². The SMILES string of the molecule is COc1cc(Cl)c(C)cc1NC(=O)NCCCCC1CCCO1. The number of hydrogen-bond donors (Lipinski definition) is 2. The quantitative estimate of drug-likeness (QED) is 0.734. The van der Waals surface area contributed by atoms with Crippen molar-refractivity contribution in [1.29, 1.82) is 0 Å². The van der Waals surface area contributed by atoms with Gasteiger partial charge >= 0.3 is 6.03 Å². The summed E-state index contributed by atoms with van der Waals surface area (Å²) in [6, 6.07) is 3.27. The lowest BCUT2D eigenvalue weighted by molar-refractivity contribution is 0.102. The third-order valence-electron chi connectivity index (χ3n) is 3.99. The molecule has 1 heterocycles. The molecule has 1 aromatic carbocycles. The minimum atomic E-state index is -0.234. The number of benzene rings is 1. The van der Waals surface area contributed by atoms with Gasteiger partial charge in [0.15, 0.2) is 0 Å². The average Bonchev–Trinajstić information content (AvgIpc) is 3.03. The minimum absolute atomic E-state index is 0.234. The number of halogens is 1. The van der Waals surface area contributed by atoms with E-state index in [1.54, 1.807) is 19.2 Å². The third-order valence-corrected chi connectivity index (χ3v) is 4.40. The zero-order valence-corrected chi connectivity index (χ0v) is 14.5. The standard InChI is InChI=1S/C17H25ClN2O3/c1-12-10-15(16(22-2)11-14(12)18)20-17(21)19-8-4-3-6-13-7-5-9-23-13/h10-11,13H,3-9H2,1-2H3,(H2,19,20,21). The maximum Gasteiger partial charge on any atom is 0.319 e. The molecule has 6 heteroatoms. The second-order valence-corrected chi connectivity index (χ2v) is 6.22. The zero-order valence-electron chi connectivity index (χ0n) is 13.8. The molecule has 1 aromatic rings. The Labute approximate surface area is 142 Å². The molecule has 2 amide bonds. The highest BCUT2D eigenvalue weighted by Crippen LogP contribution is 2.30. The van der Waals surface area contributed by atoms with Gasteiger partial charge in [0.05, 0.1) is 18.9 Å². The van der Waals surface area contributed by atoms with Crippen LogP contribution in [-0.4, -0.2) is 32.4 Å². The molecule has 0 saturated carbocycles. The number of unbranched alkanes of at least 4 members (excludes halogenated alkanes) is 1. The number of methoxy groups -OCH3 is 1. The maximum absolute atomic E-state index is 12.0. The second kappa shape index (κ2) is 8.99. The number of ether oxygens (including phenoxy) is 2. The molecule has 2 N–H and O–H groups in total. The normalized spacial score (nSPS) is 17.1. The van der Waals surface area contributed by atoms with Crippen LogP contribution >= 0.6 is 11.6 Å². The predicted molar refractivity (Wildman–Crippen MR) is 92.6 cm³/mol. The molecule has 1 atom stereocenters. The van der Waals surface area contributed by atoms with Gasteiger partial charge in [0.1, 0.15) is 5.75 Å². The van der Waals surface area contributed by atoms with Gasteiger partial charge in [0.25, 0.3) is 0 Å². The van der Waals surface area contributed by atoms with Crippen LogP contribution in [0.1, 0.15) is 37.7 Å². The van der Waals surface area contributed by atoms with Gasteiger partial charge in [0, 0.05) is 24.2 Å². The van der Waals surface area contributed by atoms with Gasteiger partial charge in [-0.15, -0.1) is 0 Å². The molecule has 1 aliphatic heterocycles. The number of urea groups is 1. The Hall–Kier alpha value is -1.46. The molecule has 0 spiro atoms. The molecular formula is C17H25ClN2O3. The first-order valence-electron chi connectivity index (χ1n) is 8.10. The van der Waals surface area contributed by atoms with E-state index < -0.39 is 0 Å². The predicted octanol–water partition coefficient (Wildman–Crippen LogP) is 4.13. The summed E-state index contributed by atoms with van der Waals surface area (Å²) < 4.78 is 10.8. The Kier molecular flexibility index (Phi) is 6.99. The maximum atomic E-state index is 12.0. The van der Waals surface area contributed by atoms with E-state index >= 15 is 0 Å². The molecule has 0 aliphatic carbocycles. The van der Waals surface area contributed by atoms with E-state index in [9.17, 15) is 4.79 Å². The van der Waals surface area contributed by atoms with E-state index in [0.717, 1.165) is 31.4 Å². The first-order chi connectivity index (χ1) is 11.1. The van der Waals surface area contributed by atoms with Gasteiger partial charge in [-0.25, -0.2) is 4.79 Å². The Balaban J connectivity index is 1.71. The lowest BCUT2D eigenvalue weighted by atomic mass is 10.1. The molecule has 0 aromatic heterocycles. The fraction of sp³-hybridized carbons (Fsp3) is 0.588. The van der Waals surface area contributed by atoms with Crippen LogP contribution in [0.5, 0.6) is 5.75 Å². The van der Waals surface area contributed by atoms with Crippen molar-refractivity contribution >= 4 is 23.3 Å². The summed E-state index contributed by atoms with van der Waals surface area (Å²) in [5.41, 5.74) is 1.51. The number of anilines is 1. The van der Waals surface area contributed by atoms with Gasteiger partial charge in [-0.05, 0) is 50.7 Å². The molecule has 0 radical (unpaired) electrons. The van der Waals surface area contributed by atoms with Gasteiger partial charge in [0.2, 0.25) is 0 Å². The van der Waals surface area contributed by atoms with Gasteiger partial charge in [-0.1, -0.05) is 11.6 Å². The summed E-state index contributed by atoms with van der Waals surface area (Å²) in [5.74, 6) is 0.550. The van der Waals surface area contributed by atoms with Crippen LogP contribution in [0.4, 0.5) is 10.5 Å². The Morgan fingerprint density at radius 3 is 2.96 bits per heavy atom. The van der Waals surface area contributed by atoms with Gasteiger partial charge < -0.3 is 20.1 Å². The molecule has 1 saturated heterocycles. The minimum Gasteiger partial charge on any atom is -0.495 e. The molecule has 1 aliphatic rings. The van der Waals surface area contributed by atoms with Crippen molar-refractivity contribution in [3.63, 3.8) is 0 Å². The van der Waals surface area contributed by atoms with Crippen LogP contribution in [-0.2, 0) is 4.74 Å². The van der Waals surface area contributed by atoms with Crippen molar-refractivity contribution < 1.29 is 14.3 Å². The highest BCUT2D eigenvalue weighted by Gasteiger charge is 2.14. The number of carbonyl (C=O) groups is 1. The summed E-state index contributed by atoms with van der Waals surface area (Å²) >= 11 is 6.05. The first-order valence-corrected chi connectivity index (χ1v) is 8.48. The summed E-state index contributed by atoms with van der Waals surface area (Å²) in [7, 11) is 1.55. The Morgan fingerprint density at radius 2 is 2.26 bits per heavy atom. The van der Waals surface area contributed by atoms with Crippen LogP contribution < -0.4 is 15.4 Å². The fourth-order valence-corrected chi connectivity index (χ4v) is 2.82. The fourth-order valence-electron chi connectivity index (χ4n) is 2.67. The lowest BCUT2D eigenvalue weighted by Gasteiger charge is -2.13. The van der Waals surface area contributed by atoms with E-state index in [1.165, 1.54) is 12.8 Å². The zero-order chi connectivity index (χ0) is 16.7. The number of hydrogen-bond acceptors (Lipinski definition) is 3. The van der Waals surface area contributed by atoms with E-state index in [0.29, 0.717) is 29.1 Å². The van der Waals surface area contributed by atoms with E-state index in [1.807, 2.05) is 6.92 Å². The van der Waals surface area contributed by atoms with Crippen molar-refractivity contribution in [3.05, 3.63) is 22.7 Å². The number of nitrogens with one attached hydrogen (secondary N) is 2. The number of aryl methyl sites for hydroxylation is 1. The van der Waals surface area contributed by atoms with E-state index in [2.05, 4.69) is 10.6 Å². The largest absolute Gasteiger partial charge is 0.495 e. The molecule has 0 bridgehead atoms. The van der Waals surface area contributed by atoms with Crippen LogP contribution in [0.3, 0.4) is 0 Å². The Bertz CT molecular complexity index is 531. The summed E-state index contributed by atoms with van der Waals surface area (Å²) in [4.78, 5) is 12.0. The Morgan fingerprint density at radius 1 is 1.43 bits per heavy atom. The number of carbonyl (C=O) groups excluding carboxylic acids is 1. The average molecular weight is 341 g/mol. The van der Waals surface area contributed by atoms with Crippen LogP contribution in [0.25, 0.3) is 0 Å². The molecule has 1 fully saturated rings. The topological polar surface area (TPSA) is 59.6 Å². The smallest absolute Gasteiger partial charge is 0.319 e. The first kappa shape index (κ1) is 17.9. The van der Waals surface area contributed by atoms with Crippen molar-refractivity contribution in [2.24, 2.45) is 0 Å². The van der Waals surface area contributed by atoms with Gasteiger partial charge in [-0.3, -0.25) is 0 Å². The summed E-state index contributed by atoms with van der Waals surface area (Å²) in [6.45, 7) is 3.43. The third kappa shape index (κ3) is 5.59. The molecular weight excluding hydrogens is 316 g/mol. The summed E-state index contributed by atoms with van der Waals surface area (Å²) in [5, 5.41) is 6.28. The van der Waals surface area contributed by atoms with Crippen LogP contribution in [0.15, 0.2) is 12.1 Å². The molecule has 5 nitrogen and oxygen atoms in total. The van der Waals surface area contributed by atoms with Crippen molar-refractivity contribution in [1.82, 2.24) is 5.32 Å². The van der Waals surface area contributed by atoms with Crippen molar-refractivity contribution in [3.8, 4) is 5.75 Å². The number of rotatable bonds is 7. The van der Waals surface area contributed by atoms with Gasteiger partial charge in [-0.2, -0.15) is 0 Å². The lowest BCUT2D eigenvalue weighted by Crippen LogP contribution is -2.29. The molecule has 23 heavy (non-hydrogen) atoms. The molecule has 1 unspecified atom stereocenters. The van der Waals surface area contributed by atoms with Crippen molar-refractivity contribution in [2.45, 2.75) is 45.1 Å². The highest BCUT2D eigenvalue weighted by atomic mass is 35.5.